The highest BCUT2D eigenvalue weighted by molar-refractivity contribution is 7.18. The van der Waals surface area contributed by atoms with Gasteiger partial charge in [0, 0.05) is 37.6 Å². The van der Waals surface area contributed by atoms with Crippen LogP contribution in [0, 0.1) is 6.57 Å². The van der Waals surface area contributed by atoms with Gasteiger partial charge in [0.1, 0.15) is 0 Å². The van der Waals surface area contributed by atoms with Gasteiger partial charge in [0.2, 0.25) is 0 Å². The van der Waals surface area contributed by atoms with E-state index in [0.717, 1.165) is 47.4 Å². The van der Waals surface area contributed by atoms with E-state index in [0.29, 0.717) is 5.56 Å². The highest BCUT2D eigenvalue weighted by Crippen LogP contribution is 2.58. The van der Waals surface area contributed by atoms with Gasteiger partial charge in [-0.25, -0.2) is 4.85 Å². The third kappa shape index (κ3) is 8.47. The van der Waals surface area contributed by atoms with E-state index in [1.54, 1.807) is 11.3 Å². The number of rotatable bonds is 19. The van der Waals surface area contributed by atoms with Crippen molar-refractivity contribution < 1.29 is 9.90 Å². The summed E-state index contributed by atoms with van der Waals surface area (Å²) in [5.74, 6) is -1.22. The molecule has 0 aliphatic heterocycles. The first kappa shape index (κ1) is 45.7. The number of fused-ring (bicyclic) bond motifs is 6. The molecule has 338 valence electrons. The lowest BCUT2D eigenvalue weighted by atomic mass is 9.70. The summed E-state index contributed by atoms with van der Waals surface area (Å²) < 4.78 is 0. The second-order valence-electron chi connectivity index (χ2n) is 18.7. The summed E-state index contributed by atoms with van der Waals surface area (Å²) in [6, 6.07) is 54.4. The SMILES string of the molecule is [C-]#[N+]C(=Cc1ccc(-c2ccc(-c3ccc(N(c4ccc5c(c4)C(CCCC)(CCCC)c4ccccc4-5)c4ccc5c(c4)C(CCCC)(CCCC)c4ccccc4-5)cc3)s2)cc1)C(=O)O. The van der Waals surface area contributed by atoms with E-state index in [-0.39, 0.29) is 16.5 Å². The Hall–Kier alpha value is -6.48. The molecule has 0 unspecified atom stereocenters. The number of hydrogen-bond donors (Lipinski definition) is 1. The van der Waals surface area contributed by atoms with Crippen LogP contribution < -0.4 is 4.90 Å². The molecule has 7 aromatic rings. The third-order valence-electron chi connectivity index (χ3n) is 14.7. The highest BCUT2D eigenvalue weighted by Gasteiger charge is 2.44. The average molecular weight is 899 g/mol. The highest BCUT2D eigenvalue weighted by atomic mass is 32.1. The Balaban J connectivity index is 1.16. The first-order valence-corrected chi connectivity index (χ1v) is 25.5. The normalized spacial score (nSPS) is 13.9. The van der Waals surface area contributed by atoms with Gasteiger partial charge in [0.25, 0.3) is 5.70 Å². The van der Waals surface area contributed by atoms with Crippen LogP contribution in [-0.2, 0) is 15.6 Å². The van der Waals surface area contributed by atoms with Crippen LogP contribution in [0.25, 0.3) is 54.1 Å². The minimum Gasteiger partial charge on any atom is -0.486 e. The Labute approximate surface area is 402 Å². The monoisotopic (exact) mass is 898 g/mol. The van der Waals surface area contributed by atoms with Gasteiger partial charge in [0.15, 0.2) is 0 Å². The summed E-state index contributed by atoms with van der Waals surface area (Å²) in [4.78, 5) is 19.4. The number of aliphatic carboxylic acids is 1. The zero-order chi connectivity index (χ0) is 46.5. The van der Waals surface area contributed by atoms with Crippen molar-refractivity contribution in [3.8, 4) is 43.1 Å². The van der Waals surface area contributed by atoms with Crippen LogP contribution in [0.15, 0.2) is 151 Å². The largest absolute Gasteiger partial charge is 0.486 e. The van der Waals surface area contributed by atoms with Crippen LogP contribution in [0.1, 0.15) is 133 Å². The van der Waals surface area contributed by atoms with E-state index < -0.39 is 5.97 Å². The number of carboxylic acid groups (broad SMARTS) is 1. The van der Waals surface area contributed by atoms with E-state index >= 15 is 0 Å². The molecule has 0 fully saturated rings. The summed E-state index contributed by atoms with van der Waals surface area (Å²) in [5.41, 5.74) is 17.6. The van der Waals surface area contributed by atoms with Crippen molar-refractivity contribution in [3.63, 3.8) is 0 Å². The summed E-state index contributed by atoms with van der Waals surface area (Å²) in [6.45, 7) is 16.5. The van der Waals surface area contributed by atoms with Gasteiger partial charge >= 0.3 is 5.97 Å². The van der Waals surface area contributed by atoms with Gasteiger partial charge in [0.05, 0.1) is 6.57 Å². The smallest absolute Gasteiger partial charge is 0.333 e. The molecule has 0 radical (unpaired) electrons. The number of benzene rings is 6. The summed E-state index contributed by atoms with van der Waals surface area (Å²) in [7, 11) is 0. The maximum Gasteiger partial charge on any atom is 0.333 e. The van der Waals surface area contributed by atoms with Gasteiger partial charge < -0.3 is 10.0 Å². The summed E-state index contributed by atoms with van der Waals surface area (Å²) in [5, 5.41) is 9.33. The molecule has 0 saturated heterocycles. The first-order chi connectivity index (χ1) is 32.8. The fraction of sp³-hybridized carbons (Fsp3) is 0.290. The summed E-state index contributed by atoms with van der Waals surface area (Å²) >= 11 is 1.74. The molecule has 1 N–H and O–H groups in total. The second-order valence-corrected chi connectivity index (χ2v) is 19.8. The molecule has 0 spiro atoms. The Morgan fingerprint density at radius 1 is 0.537 bits per heavy atom. The van der Waals surface area contributed by atoms with Crippen LogP contribution in [0.4, 0.5) is 17.1 Å². The second kappa shape index (κ2) is 19.8. The molecule has 9 rings (SSSR count). The van der Waals surface area contributed by atoms with Crippen molar-refractivity contribution in [3.05, 3.63) is 191 Å². The van der Waals surface area contributed by atoms with E-state index in [1.165, 1.54) is 118 Å². The number of carboxylic acids is 1. The molecule has 67 heavy (non-hydrogen) atoms. The maximum atomic E-state index is 11.4. The van der Waals surface area contributed by atoms with Crippen molar-refractivity contribution in [2.45, 2.75) is 116 Å². The predicted octanol–water partition coefficient (Wildman–Crippen LogP) is 18.2. The number of anilines is 3. The zero-order valence-electron chi connectivity index (χ0n) is 39.6. The topological polar surface area (TPSA) is 44.9 Å². The molecule has 1 aromatic heterocycles. The van der Waals surface area contributed by atoms with Crippen molar-refractivity contribution >= 4 is 40.4 Å². The first-order valence-electron chi connectivity index (χ1n) is 24.7. The quantitative estimate of drug-likeness (QED) is 0.0650. The van der Waals surface area contributed by atoms with Crippen molar-refractivity contribution in [2.24, 2.45) is 0 Å². The molecular weight excluding hydrogens is 837 g/mol. The number of unbranched alkanes of at least 4 members (excludes halogenated alkanes) is 4. The van der Waals surface area contributed by atoms with Gasteiger partial charge in [-0.3, -0.25) is 4.79 Å². The van der Waals surface area contributed by atoms with Crippen molar-refractivity contribution in [1.29, 1.82) is 0 Å². The standard InChI is InChI=1S/C62H62N2O2S/c1-6-10-36-61(37-11-7-2)53-20-16-14-18-49(53)51-32-30-47(41-55(51)61)64(48-31-33-52-50-19-15-17-21-54(50)62(38-12-8-3,39-13-9-4)56(52)42-48)46-28-26-45(27-29-46)59-35-34-58(67-59)44-24-22-43(23-25-44)40-57(63-5)60(65)66/h14-35,40-42H,6-13,36-39H2,1-4H3,(H,65,66). The fourth-order valence-corrected chi connectivity index (χ4v) is 12.3. The predicted molar refractivity (Wildman–Crippen MR) is 283 cm³/mol. The zero-order valence-corrected chi connectivity index (χ0v) is 40.4. The average Bonchev–Trinajstić information content (AvgIpc) is 4.04. The van der Waals surface area contributed by atoms with E-state index in [2.05, 4.69) is 159 Å². The van der Waals surface area contributed by atoms with Crippen LogP contribution in [-0.4, -0.2) is 11.1 Å². The lowest BCUT2D eigenvalue weighted by Gasteiger charge is -2.35. The Bertz CT molecular complexity index is 2830. The van der Waals surface area contributed by atoms with E-state index in [4.69, 9.17) is 6.57 Å². The molecular formula is C62H62N2O2S. The Morgan fingerprint density at radius 3 is 1.36 bits per heavy atom. The molecule has 1 heterocycles. The van der Waals surface area contributed by atoms with E-state index in [9.17, 15) is 9.90 Å². The Kier molecular flexibility index (Phi) is 13.5. The van der Waals surface area contributed by atoms with Gasteiger partial charge in [-0.2, -0.15) is 0 Å². The van der Waals surface area contributed by atoms with Crippen LogP contribution >= 0.6 is 11.3 Å². The summed E-state index contributed by atoms with van der Waals surface area (Å²) in [6.07, 6.45) is 15.5. The van der Waals surface area contributed by atoms with Crippen molar-refractivity contribution in [1.82, 2.24) is 0 Å². The van der Waals surface area contributed by atoms with Gasteiger partial charge in [-0.05, 0) is 141 Å². The van der Waals surface area contributed by atoms with E-state index in [1.807, 2.05) is 24.3 Å². The molecule has 2 aliphatic carbocycles. The minimum absolute atomic E-state index is 0.0222. The molecule has 0 saturated carbocycles. The minimum atomic E-state index is -1.22. The lowest BCUT2D eigenvalue weighted by Crippen LogP contribution is -2.26. The molecule has 5 heteroatoms. The van der Waals surface area contributed by atoms with Gasteiger partial charge in [-0.15, -0.1) is 11.3 Å². The Morgan fingerprint density at radius 2 is 0.940 bits per heavy atom. The van der Waals surface area contributed by atoms with Crippen LogP contribution in [0.3, 0.4) is 0 Å². The number of hydrogen-bond acceptors (Lipinski definition) is 3. The van der Waals surface area contributed by atoms with Crippen LogP contribution in [0.2, 0.25) is 0 Å². The number of carbonyl (C=O) groups is 1. The van der Waals surface area contributed by atoms with Crippen molar-refractivity contribution in [2.75, 3.05) is 4.90 Å². The van der Waals surface area contributed by atoms with Gasteiger partial charge in [-0.1, -0.05) is 176 Å². The van der Waals surface area contributed by atoms with Crippen LogP contribution in [0.5, 0.6) is 0 Å². The maximum absolute atomic E-state index is 11.4. The number of thiophene rings is 1. The third-order valence-corrected chi connectivity index (χ3v) is 15.9. The number of nitrogens with zero attached hydrogens (tertiary/aromatic N) is 2. The molecule has 6 aromatic carbocycles. The molecule has 4 nitrogen and oxygen atoms in total. The fourth-order valence-electron chi connectivity index (χ4n) is 11.3. The lowest BCUT2D eigenvalue weighted by molar-refractivity contribution is -0.132. The molecule has 0 atom stereocenters. The molecule has 0 bridgehead atoms. The molecule has 2 aliphatic rings. The molecule has 0 amide bonds.